The minimum absolute atomic E-state index is 0.0500. The maximum Gasteiger partial charge on any atom is 0.408 e. The standard InChI is InChI=1S/C24H24F4N6O/c1-35-11-9-14-2-3-15-4-6-18(30-21(15)20(14)25)23-32-31-19-7-5-16(12-34(19)23)22(24(26,27)28)33-10-8-17(29)13-33/h2-7,12,17,22H,8-11,13,29H2,1H3/t17-,22+/m0/s1. The third-order valence-corrected chi connectivity index (χ3v) is 6.36. The second kappa shape index (κ2) is 9.14. The highest BCUT2D eigenvalue weighted by molar-refractivity contribution is 5.82. The van der Waals surface area contributed by atoms with E-state index in [1.807, 2.05) is 0 Å². The Kier molecular flexibility index (Phi) is 6.16. The Bertz CT molecular complexity index is 1370. The molecule has 1 aromatic carbocycles. The number of hydrogen-bond donors (Lipinski definition) is 1. The minimum atomic E-state index is -4.49. The molecule has 0 bridgehead atoms. The molecule has 0 amide bonds. The second-order valence-corrected chi connectivity index (χ2v) is 8.75. The van der Waals surface area contributed by atoms with Gasteiger partial charge in [-0.2, -0.15) is 13.2 Å². The van der Waals surface area contributed by atoms with E-state index in [1.54, 1.807) is 31.4 Å². The number of methoxy groups -OCH3 is 1. The average molecular weight is 488 g/mol. The van der Waals surface area contributed by atoms with Crippen molar-refractivity contribution in [2.75, 3.05) is 26.8 Å². The predicted molar refractivity (Wildman–Crippen MR) is 122 cm³/mol. The molecule has 11 heteroatoms. The zero-order valence-corrected chi connectivity index (χ0v) is 19.0. The van der Waals surface area contributed by atoms with Crippen molar-refractivity contribution in [2.24, 2.45) is 5.73 Å². The number of halogens is 4. The number of pyridine rings is 2. The fraction of sp³-hybridized carbons (Fsp3) is 0.375. The van der Waals surface area contributed by atoms with E-state index in [0.717, 1.165) is 0 Å². The van der Waals surface area contributed by atoms with Crippen LogP contribution in [0.3, 0.4) is 0 Å². The summed E-state index contributed by atoms with van der Waals surface area (Å²) >= 11 is 0. The van der Waals surface area contributed by atoms with Crippen molar-refractivity contribution in [3.8, 4) is 11.5 Å². The molecule has 4 heterocycles. The number of fused-ring (bicyclic) bond motifs is 2. The lowest BCUT2D eigenvalue weighted by molar-refractivity contribution is -0.183. The van der Waals surface area contributed by atoms with Crippen molar-refractivity contribution < 1.29 is 22.3 Å². The van der Waals surface area contributed by atoms with Gasteiger partial charge in [0.05, 0.1) is 6.61 Å². The van der Waals surface area contributed by atoms with Crippen LogP contribution in [0.2, 0.25) is 0 Å². The second-order valence-electron chi connectivity index (χ2n) is 8.75. The third-order valence-electron chi connectivity index (χ3n) is 6.36. The molecule has 0 aliphatic carbocycles. The van der Waals surface area contributed by atoms with Gasteiger partial charge >= 0.3 is 6.18 Å². The summed E-state index contributed by atoms with van der Waals surface area (Å²) in [6, 6.07) is 7.63. The van der Waals surface area contributed by atoms with Crippen LogP contribution in [0.4, 0.5) is 17.6 Å². The molecule has 7 nitrogen and oxygen atoms in total. The summed E-state index contributed by atoms with van der Waals surface area (Å²) in [4.78, 5) is 5.81. The van der Waals surface area contributed by atoms with Crippen molar-refractivity contribution >= 4 is 16.6 Å². The number of likely N-dealkylation sites (tertiary alicyclic amines) is 1. The molecule has 3 aromatic heterocycles. The summed E-state index contributed by atoms with van der Waals surface area (Å²) in [6.45, 7) is 0.783. The third kappa shape index (κ3) is 4.46. The van der Waals surface area contributed by atoms with Gasteiger partial charge in [0.1, 0.15) is 17.3 Å². The van der Waals surface area contributed by atoms with Crippen LogP contribution in [0.25, 0.3) is 28.1 Å². The van der Waals surface area contributed by atoms with Crippen molar-refractivity contribution in [3.63, 3.8) is 0 Å². The molecule has 2 atom stereocenters. The normalized spacial score (nSPS) is 18.1. The lowest BCUT2D eigenvalue weighted by Gasteiger charge is -2.30. The topological polar surface area (TPSA) is 81.6 Å². The van der Waals surface area contributed by atoms with Gasteiger partial charge in [-0.3, -0.25) is 9.30 Å². The van der Waals surface area contributed by atoms with Gasteiger partial charge in [-0.05, 0) is 36.1 Å². The molecule has 184 valence electrons. The predicted octanol–water partition coefficient (Wildman–Crippen LogP) is 3.91. The van der Waals surface area contributed by atoms with Gasteiger partial charge in [0, 0.05) is 37.8 Å². The Morgan fingerprint density at radius 1 is 1.14 bits per heavy atom. The molecule has 1 aliphatic heterocycles. The molecule has 1 aliphatic rings. The van der Waals surface area contributed by atoms with E-state index in [2.05, 4.69) is 15.2 Å². The first-order valence-electron chi connectivity index (χ1n) is 11.2. The van der Waals surface area contributed by atoms with Crippen molar-refractivity contribution in [1.82, 2.24) is 24.5 Å². The van der Waals surface area contributed by atoms with Gasteiger partial charge in [0.25, 0.3) is 0 Å². The first kappa shape index (κ1) is 23.6. The molecular weight excluding hydrogens is 464 g/mol. The van der Waals surface area contributed by atoms with Gasteiger partial charge in [-0.15, -0.1) is 10.2 Å². The molecule has 0 spiro atoms. The summed E-state index contributed by atoms with van der Waals surface area (Å²) < 4.78 is 63.9. The molecule has 1 saturated heterocycles. The molecule has 1 fully saturated rings. The Morgan fingerprint density at radius 3 is 2.66 bits per heavy atom. The maximum atomic E-state index is 15.1. The first-order valence-corrected chi connectivity index (χ1v) is 11.2. The minimum Gasteiger partial charge on any atom is -0.384 e. The quantitative estimate of drug-likeness (QED) is 0.415. The summed E-state index contributed by atoms with van der Waals surface area (Å²) in [7, 11) is 1.54. The summed E-state index contributed by atoms with van der Waals surface area (Å²) in [5.41, 5.74) is 7.21. The number of nitrogens with two attached hydrogens (primary N) is 1. The number of hydrogen-bond acceptors (Lipinski definition) is 6. The molecule has 35 heavy (non-hydrogen) atoms. The molecule has 4 aromatic rings. The molecule has 0 saturated carbocycles. The van der Waals surface area contributed by atoms with Crippen LogP contribution in [0.15, 0.2) is 42.6 Å². The Morgan fingerprint density at radius 2 is 1.94 bits per heavy atom. The van der Waals surface area contributed by atoms with E-state index in [-0.39, 0.29) is 36.0 Å². The number of rotatable bonds is 6. The van der Waals surface area contributed by atoms with E-state index in [0.29, 0.717) is 41.7 Å². The van der Waals surface area contributed by atoms with Crippen molar-refractivity contribution in [1.29, 1.82) is 0 Å². The SMILES string of the molecule is COCCc1ccc2ccc(-c3nnc4ccc([C@@H](N5CC[C@H](N)C5)C(F)(F)F)cn34)nc2c1F. The van der Waals surface area contributed by atoms with Crippen LogP contribution in [0, 0.1) is 5.82 Å². The van der Waals surface area contributed by atoms with Gasteiger partial charge in [-0.1, -0.05) is 24.3 Å². The van der Waals surface area contributed by atoms with Crippen molar-refractivity contribution in [2.45, 2.75) is 31.1 Å². The van der Waals surface area contributed by atoms with E-state index in [4.69, 9.17) is 10.5 Å². The van der Waals surface area contributed by atoms with E-state index >= 15 is 4.39 Å². The Balaban J connectivity index is 1.58. The average Bonchev–Trinajstić information content (AvgIpc) is 3.44. The number of ether oxygens (including phenoxy) is 1. The Hall–Kier alpha value is -3.15. The summed E-state index contributed by atoms with van der Waals surface area (Å²) in [5.74, 6) is -0.233. The highest BCUT2D eigenvalue weighted by atomic mass is 19.4. The van der Waals surface area contributed by atoms with Crippen LogP contribution < -0.4 is 5.73 Å². The van der Waals surface area contributed by atoms with Gasteiger partial charge in [0.15, 0.2) is 17.3 Å². The van der Waals surface area contributed by atoms with Gasteiger partial charge in [0.2, 0.25) is 0 Å². The van der Waals surface area contributed by atoms with Crippen LogP contribution in [-0.2, 0) is 11.2 Å². The highest BCUT2D eigenvalue weighted by Crippen LogP contribution is 2.39. The number of alkyl halides is 3. The molecule has 5 rings (SSSR count). The fourth-order valence-corrected chi connectivity index (χ4v) is 4.63. The number of nitrogens with zero attached hydrogens (tertiary/aromatic N) is 5. The Labute approximate surface area is 198 Å². The molecule has 2 N–H and O–H groups in total. The fourth-order valence-electron chi connectivity index (χ4n) is 4.63. The number of aromatic nitrogens is 4. The van der Waals surface area contributed by atoms with Crippen LogP contribution in [0.5, 0.6) is 0 Å². The van der Waals surface area contributed by atoms with E-state index in [1.165, 1.54) is 27.6 Å². The van der Waals surface area contributed by atoms with E-state index in [9.17, 15) is 13.2 Å². The maximum absolute atomic E-state index is 15.1. The zero-order chi connectivity index (χ0) is 24.7. The number of benzene rings is 1. The largest absolute Gasteiger partial charge is 0.408 e. The zero-order valence-electron chi connectivity index (χ0n) is 19.0. The van der Waals surface area contributed by atoms with Crippen molar-refractivity contribution in [3.05, 3.63) is 59.5 Å². The lowest BCUT2D eigenvalue weighted by Crippen LogP contribution is -2.38. The molecule has 0 radical (unpaired) electrons. The monoisotopic (exact) mass is 488 g/mol. The summed E-state index contributed by atoms with van der Waals surface area (Å²) in [5, 5.41) is 8.82. The molecular formula is C24H24F4N6O. The van der Waals surface area contributed by atoms with E-state index < -0.39 is 18.0 Å². The van der Waals surface area contributed by atoms with Crippen LogP contribution >= 0.6 is 0 Å². The van der Waals surface area contributed by atoms with Gasteiger partial charge < -0.3 is 10.5 Å². The lowest BCUT2D eigenvalue weighted by atomic mass is 10.1. The molecule has 0 unspecified atom stereocenters. The smallest absolute Gasteiger partial charge is 0.384 e. The van der Waals surface area contributed by atoms with Gasteiger partial charge in [-0.25, -0.2) is 9.37 Å². The highest BCUT2D eigenvalue weighted by Gasteiger charge is 2.46. The van der Waals surface area contributed by atoms with Crippen LogP contribution in [-0.4, -0.2) is 63.5 Å². The first-order chi connectivity index (χ1) is 16.8. The van der Waals surface area contributed by atoms with Crippen LogP contribution in [0.1, 0.15) is 23.6 Å². The summed E-state index contributed by atoms with van der Waals surface area (Å²) in [6.07, 6.45) is -2.22.